The lowest BCUT2D eigenvalue weighted by atomic mass is 10.0. The molecule has 2 heterocycles. The molecule has 2 aliphatic rings. The summed E-state index contributed by atoms with van der Waals surface area (Å²) in [6, 6.07) is 13.3. The Kier molecular flexibility index (Phi) is 6.30. The van der Waals surface area contributed by atoms with Crippen LogP contribution in [0.1, 0.15) is 24.5 Å². The second-order valence-electron chi connectivity index (χ2n) is 8.20. The maximum absolute atomic E-state index is 13.0. The van der Waals surface area contributed by atoms with E-state index in [2.05, 4.69) is 22.9 Å². The van der Waals surface area contributed by atoms with E-state index in [-0.39, 0.29) is 23.9 Å². The lowest BCUT2D eigenvalue weighted by Gasteiger charge is -2.34. The standard InChI is InChI=1S/C24H28N4O4/c1-3-15-5-4-6-17(11-15)25-24(31)26-18-13-21-22(29)27-20(23(30)28(21)14-18)12-16-7-9-19(32-2)10-8-16/h4-11,18,20-21H,3,12-14H2,1-2H3,(H,27,29)(H2,25,26,31)/t18-,20-,21-/m0/s1. The van der Waals surface area contributed by atoms with Crippen molar-refractivity contribution in [2.75, 3.05) is 19.0 Å². The number of carbonyl (C=O) groups is 3. The molecule has 2 saturated heterocycles. The van der Waals surface area contributed by atoms with Crippen molar-refractivity contribution >= 4 is 23.5 Å². The number of piperazine rings is 1. The fourth-order valence-electron chi connectivity index (χ4n) is 4.32. The van der Waals surface area contributed by atoms with Crippen molar-refractivity contribution in [2.45, 2.75) is 44.3 Å². The van der Waals surface area contributed by atoms with Crippen molar-refractivity contribution in [2.24, 2.45) is 0 Å². The van der Waals surface area contributed by atoms with Crippen molar-refractivity contribution in [3.8, 4) is 5.75 Å². The van der Waals surface area contributed by atoms with E-state index >= 15 is 0 Å². The number of hydrogen-bond acceptors (Lipinski definition) is 4. The number of fused-ring (bicyclic) bond motifs is 1. The molecule has 8 nitrogen and oxygen atoms in total. The number of urea groups is 1. The minimum Gasteiger partial charge on any atom is -0.497 e. The van der Waals surface area contributed by atoms with Gasteiger partial charge in [0.1, 0.15) is 17.8 Å². The van der Waals surface area contributed by atoms with Gasteiger partial charge in [-0.3, -0.25) is 9.59 Å². The van der Waals surface area contributed by atoms with Crippen LogP contribution in [-0.2, 0) is 22.4 Å². The molecule has 0 unspecified atom stereocenters. The predicted molar refractivity (Wildman–Crippen MR) is 121 cm³/mol. The van der Waals surface area contributed by atoms with Crippen LogP contribution in [0.5, 0.6) is 5.75 Å². The largest absolute Gasteiger partial charge is 0.497 e. The van der Waals surface area contributed by atoms with Crippen molar-refractivity contribution < 1.29 is 19.1 Å². The van der Waals surface area contributed by atoms with E-state index < -0.39 is 12.1 Å². The normalized spacial score (nSPS) is 22.2. The van der Waals surface area contributed by atoms with Gasteiger partial charge < -0.3 is 25.6 Å². The highest BCUT2D eigenvalue weighted by Gasteiger charge is 2.46. The average Bonchev–Trinajstić information content (AvgIpc) is 3.22. The SMILES string of the molecule is CCc1cccc(NC(=O)N[C@H]2C[C@H]3C(=O)N[C@@H](Cc4ccc(OC)cc4)C(=O)N3C2)c1. The van der Waals surface area contributed by atoms with Gasteiger partial charge in [0.25, 0.3) is 0 Å². The summed E-state index contributed by atoms with van der Waals surface area (Å²) >= 11 is 0. The van der Waals surface area contributed by atoms with Crippen LogP contribution in [-0.4, -0.2) is 54.5 Å². The summed E-state index contributed by atoms with van der Waals surface area (Å²) in [6.45, 7) is 2.37. The molecule has 8 heteroatoms. The summed E-state index contributed by atoms with van der Waals surface area (Å²) in [7, 11) is 1.60. The molecule has 0 saturated carbocycles. The van der Waals surface area contributed by atoms with Gasteiger partial charge in [0.05, 0.1) is 13.2 Å². The fraction of sp³-hybridized carbons (Fsp3) is 0.375. The molecule has 2 fully saturated rings. The molecular formula is C24H28N4O4. The zero-order valence-corrected chi connectivity index (χ0v) is 18.3. The van der Waals surface area contributed by atoms with Crippen molar-refractivity contribution in [3.05, 3.63) is 59.7 Å². The first-order valence-electron chi connectivity index (χ1n) is 10.9. The van der Waals surface area contributed by atoms with Crippen LogP contribution in [0.25, 0.3) is 0 Å². The summed E-state index contributed by atoms with van der Waals surface area (Å²) < 4.78 is 5.16. The number of ether oxygens (including phenoxy) is 1. The molecular weight excluding hydrogens is 408 g/mol. The van der Waals surface area contributed by atoms with E-state index in [9.17, 15) is 14.4 Å². The van der Waals surface area contributed by atoms with Gasteiger partial charge in [0.15, 0.2) is 0 Å². The first kappa shape index (κ1) is 21.7. The number of amides is 4. The zero-order chi connectivity index (χ0) is 22.7. The molecule has 3 N–H and O–H groups in total. The quantitative estimate of drug-likeness (QED) is 0.646. The molecule has 0 aliphatic carbocycles. The van der Waals surface area contributed by atoms with Crippen LogP contribution in [0.2, 0.25) is 0 Å². The molecule has 2 aromatic carbocycles. The summed E-state index contributed by atoms with van der Waals surface area (Å²) in [5.74, 6) is 0.440. The maximum Gasteiger partial charge on any atom is 0.319 e. The Morgan fingerprint density at radius 3 is 2.66 bits per heavy atom. The van der Waals surface area contributed by atoms with Crippen LogP contribution < -0.4 is 20.7 Å². The smallest absolute Gasteiger partial charge is 0.319 e. The van der Waals surface area contributed by atoms with Crippen LogP contribution in [0, 0.1) is 0 Å². The Balaban J connectivity index is 1.36. The molecule has 0 spiro atoms. The zero-order valence-electron chi connectivity index (χ0n) is 18.3. The van der Waals surface area contributed by atoms with Crippen molar-refractivity contribution in [1.29, 1.82) is 0 Å². The highest BCUT2D eigenvalue weighted by Crippen LogP contribution is 2.24. The number of hydrogen-bond donors (Lipinski definition) is 3. The highest BCUT2D eigenvalue weighted by molar-refractivity contribution is 5.98. The van der Waals surface area contributed by atoms with Gasteiger partial charge in [-0.2, -0.15) is 0 Å². The van der Waals surface area contributed by atoms with Crippen LogP contribution in [0.3, 0.4) is 0 Å². The fourth-order valence-corrected chi connectivity index (χ4v) is 4.32. The van der Waals surface area contributed by atoms with E-state index in [0.29, 0.717) is 25.1 Å². The van der Waals surface area contributed by atoms with Crippen molar-refractivity contribution in [3.63, 3.8) is 0 Å². The average molecular weight is 437 g/mol. The van der Waals surface area contributed by atoms with Gasteiger partial charge in [-0.25, -0.2) is 4.79 Å². The molecule has 168 valence electrons. The molecule has 2 aliphatic heterocycles. The number of methoxy groups -OCH3 is 1. The maximum atomic E-state index is 13.0. The van der Waals surface area contributed by atoms with Crippen LogP contribution >= 0.6 is 0 Å². The number of aryl methyl sites for hydroxylation is 1. The number of carbonyl (C=O) groups excluding carboxylic acids is 3. The molecule has 0 radical (unpaired) electrons. The molecule has 32 heavy (non-hydrogen) atoms. The number of benzene rings is 2. The molecule has 2 aromatic rings. The van der Waals surface area contributed by atoms with Gasteiger partial charge in [-0.15, -0.1) is 0 Å². The van der Waals surface area contributed by atoms with E-state index in [1.807, 2.05) is 48.5 Å². The van der Waals surface area contributed by atoms with Crippen molar-refractivity contribution in [1.82, 2.24) is 15.5 Å². The first-order valence-corrected chi connectivity index (χ1v) is 10.9. The Hall–Kier alpha value is -3.55. The summed E-state index contributed by atoms with van der Waals surface area (Å²) in [5.41, 5.74) is 2.78. The second kappa shape index (κ2) is 9.30. The van der Waals surface area contributed by atoms with Gasteiger partial charge in [0, 0.05) is 18.7 Å². The Labute approximate surface area is 187 Å². The molecule has 0 aromatic heterocycles. The lowest BCUT2D eigenvalue weighted by Crippen LogP contribution is -2.61. The summed E-state index contributed by atoms with van der Waals surface area (Å²) in [6.07, 6.45) is 1.69. The Morgan fingerprint density at radius 2 is 1.94 bits per heavy atom. The van der Waals surface area contributed by atoms with Gasteiger partial charge in [-0.1, -0.05) is 31.2 Å². The molecule has 4 rings (SSSR count). The second-order valence-corrected chi connectivity index (χ2v) is 8.20. The molecule has 0 bridgehead atoms. The number of anilines is 1. The third kappa shape index (κ3) is 4.69. The van der Waals surface area contributed by atoms with E-state index in [4.69, 9.17) is 4.74 Å². The number of nitrogens with zero attached hydrogens (tertiary/aromatic N) is 1. The summed E-state index contributed by atoms with van der Waals surface area (Å²) in [4.78, 5) is 39.7. The highest BCUT2D eigenvalue weighted by atomic mass is 16.5. The van der Waals surface area contributed by atoms with E-state index in [1.54, 1.807) is 12.0 Å². The first-order chi connectivity index (χ1) is 15.5. The molecule has 4 amide bonds. The van der Waals surface area contributed by atoms with E-state index in [1.165, 1.54) is 0 Å². The molecule has 3 atom stereocenters. The third-order valence-corrected chi connectivity index (χ3v) is 6.03. The third-order valence-electron chi connectivity index (χ3n) is 6.03. The van der Waals surface area contributed by atoms with E-state index in [0.717, 1.165) is 23.3 Å². The van der Waals surface area contributed by atoms with Crippen LogP contribution in [0.15, 0.2) is 48.5 Å². The topological polar surface area (TPSA) is 99.8 Å². The monoisotopic (exact) mass is 436 g/mol. The minimum atomic E-state index is -0.614. The van der Waals surface area contributed by atoms with Crippen LogP contribution in [0.4, 0.5) is 10.5 Å². The summed E-state index contributed by atoms with van der Waals surface area (Å²) in [5, 5.41) is 8.59. The minimum absolute atomic E-state index is 0.120. The number of rotatable bonds is 6. The number of nitrogens with one attached hydrogen (secondary N) is 3. The van der Waals surface area contributed by atoms with Gasteiger partial charge in [-0.05, 0) is 48.2 Å². The van der Waals surface area contributed by atoms with Gasteiger partial charge in [0.2, 0.25) is 11.8 Å². The van der Waals surface area contributed by atoms with Gasteiger partial charge >= 0.3 is 6.03 Å². The predicted octanol–water partition coefficient (Wildman–Crippen LogP) is 2.09. The Morgan fingerprint density at radius 1 is 1.16 bits per heavy atom. The Bertz CT molecular complexity index is 1010. The lowest BCUT2D eigenvalue weighted by molar-refractivity contribution is -0.147.